The van der Waals surface area contributed by atoms with E-state index in [1.54, 1.807) is 16.8 Å². The molecule has 2 rings (SSSR count). The molecule has 1 heterocycles. The Hall–Kier alpha value is -1.68. The molecule has 84 valence electrons. The highest BCUT2D eigenvalue weighted by Crippen LogP contribution is 2.05. The topological polar surface area (TPSA) is 29.9 Å². The van der Waals surface area contributed by atoms with E-state index in [1.165, 1.54) is 6.07 Å². The van der Waals surface area contributed by atoms with Gasteiger partial charge in [0.25, 0.3) is 0 Å². The molecule has 0 aliphatic rings. The SMILES string of the molecule is Cn1ccc(CNCc2ccccc2F)n1. The smallest absolute Gasteiger partial charge is 0.127 e. The Morgan fingerprint density at radius 3 is 2.75 bits per heavy atom. The quantitative estimate of drug-likeness (QED) is 0.850. The second-order valence-corrected chi connectivity index (χ2v) is 3.68. The van der Waals surface area contributed by atoms with Crippen molar-refractivity contribution in [3.05, 3.63) is 53.6 Å². The Kier molecular flexibility index (Phi) is 3.31. The van der Waals surface area contributed by atoms with Crippen LogP contribution in [0.3, 0.4) is 0 Å². The lowest BCUT2D eigenvalue weighted by atomic mass is 10.2. The van der Waals surface area contributed by atoms with Crippen LogP contribution >= 0.6 is 0 Å². The average molecular weight is 219 g/mol. The molecule has 0 aliphatic carbocycles. The van der Waals surface area contributed by atoms with Crippen LogP contribution in [0.25, 0.3) is 0 Å². The lowest BCUT2D eigenvalue weighted by Gasteiger charge is -2.03. The maximum atomic E-state index is 13.3. The lowest BCUT2D eigenvalue weighted by Crippen LogP contribution is -2.14. The molecule has 1 aromatic carbocycles. The molecular weight excluding hydrogens is 205 g/mol. The summed E-state index contributed by atoms with van der Waals surface area (Å²) in [6, 6.07) is 8.71. The van der Waals surface area contributed by atoms with Crippen LogP contribution in [0, 0.1) is 5.82 Å². The van der Waals surface area contributed by atoms with E-state index >= 15 is 0 Å². The third kappa shape index (κ3) is 2.67. The predicted octanol–water partition coefficient (Wildman–Crippen LogP) is 1.85. The molecular formula is C12H14FN3. The first-order valence-corrected chi connectivity index (χ1v) is 5.18. The number of halogens is 1. The Balaban J connectivity index is 1.87. The van der Waals surface area contributed by atoms with E-state index in [4.69, 9.17) is 0 Å². The zero-order valence-electron chi connectivity index (χ0n) is 9.15. The van der Waals surface area contributed by atoms with Gasteiger partial charge in [-0.25, -0.2) is 4.39 Å². The van der Waals surface area contributed by atoms with Crippen LogP contribution in [0.5, 0.6) is 0 Å². The van der Waals surface area contributed by atoms with Crippen LogP contribution in [0.4, 0.5) is 4.39 Å². The number of aryl methyl sites for hydroxylation is 1. The summed E-state index contributed by atoms with van der Waals surface area (Å²) in [4.78, 5) is 0. The zero-order valence-corrected chi connectivity index (χ0v) is 9.15. The molecule has 0 saturated carbocycles. The van der Waals surface area contributed by atoms with Gasteiger partial charge in [0.05, 0.1) is 5.69 Å². The van der Waals surface area contributed by atoms with Crippen molar-refractivity contribution in [3.8, 4) is 0 Å². The van der Waals surface area contributed by atoms with Crippen molar-refractivity contribution in [2.45, 2.75) is 13.1 Å². The molecule has 0 radical (unpaired) electrons. The van der Waals surface area contributed by atoms with Crippen LogP contribution in [0.2, 0.25) is 0 Å². The molecule has 16 heavy (non-hydrogen) atoms. The number of benzene rings is 1. The van der Waals surface area contributed by atoms with E-state index in [-0.39, 0.29) is 5.82 Å². The Morgan fingerprint density at radius 2 is 2.06 bits per heavy atom. The van der Waals surface area contributed by atoms with E-state index in [0.717, 1.165) is 5.69 Å². The van der Waals surface area contributed by atoms with E-state index in [9.17, 15) is 4.39 Å². The van der Waals surface area contributed by atoms with Gasteiger partial charge in [-0.3, -0.25) is 4.68 Å². The molecule has 0 amide bonds. The number of hydrogen-bond donors (Lipinski definition) is 1. The number of rotatable bonds is 4. The minimum Gasteiger partial charge on any atom is -0.307 e. The fraction of sp³-hybridized carbons (Fsp3) is 0.250. The standard InChI is InChI=1S/C12H14FN3/c1-16-7-6-11(15-16)9-14-8-10-4-2-3-5-12(10)13/h2-7,14H,8-9H2,1H3. The lowest BCUT2D eigenvalue weighted by molar-refractivity contribution is 0.583. The van der Waals surface area contributed by atoms with Crippen LogP contribution in [-0.4, -0.2) is 9.78 Å². The molecule has 0 spiro atoms. The molecule has 0 fully saturated rings. The van der Waals surface area contributed by atoms with Crippen LogP contribution in [-0.2, 0) is 20.1 Å². The van der Waals surface area contributed by atoms with Gasteiger partial charge in [0.1, 0.15) is 5.82 Å². The number of aromatic nitrogens is 2. The summed E-state index contributed by atoms with van der Waals surface area (Å²) in [6.07, 6.45) is 1.89. The van der Waals surface area contributed by atoms with Gasteiger partial charge in [-0.1, -0.05) is 18.2 Å². The van der Waals surface area contributed by atoms with Crippen molar-refractivity contribution in [1.82, 2.24) is 15.1 Å². The van der Waals surface area contributed by atoms with Gasteiger partial charge in [0.15, 0.2) is 0 Å². The molecule has 2 aromatic rings. The maximum absolute atomic E-state index is 13.3. The van der Waals surface area contributed by atoms with Gasteiger partial charge in [-0.15, -0.1) is 0 Å². The van der Waals surface area contributed by atoms with Crippen molar-refractivity contribution >= 4 is 0 Å². The summed E-state index contributed by atoms with van der Waals surface area (Å²) in [7, 11) is 1.88. The van der Waals surface area contributed by atoms with Gasteiger partial charge in [0.2, 0.25) is 0 Å². The highest BCUT2D eigenvalue weighted by Gasteiger charge is 2.00. The van der Waals surface area contributed by atoms with Crippen molar-refractivity contribution < 1.29 is 4.39 Å². The first-order chi connectivity index (χ1) is 7.75. The Bertz CT molecular complexity index is 465. The third-order valence-electron chi connectivity index (χ3n) is 2.35. The van der Waals surface area contributed by atoms with E-state index in [0.29, 0.717) is 18.7 Å². The minimum atomic E-state index is -0.170. The number of nitrogens with zero attached hydrogens (tertiary/aromatic N) is 2. The number of hydrogen-bond acceptors (Lipinski definition) is 2. The van der Waals surface area contributed by atoms with E-state index < -0.39 is 0 Å². The van der Waals surface area contributed by atoms with Crippen molar-refractivity contribution in [2.24, 2.45) is 7.05 Å². The third-order valence-corrected chi connectivity index (χ3v) is 2.35. The summed E-state index contributed by atoms with van der Waals surface area (Å²) in [5, 5.41) is 7.38. The summed E-state index contributed by atoms with van der Waals surface area (Å²) in [5.74, 6) is -0.170. The van der Waals surface area contributed by atoms with Crippen molar-refractivity contribution in [1.29, 1.82) is 0 Å². The minimum absolute atomic E-state index is 0.170. The van der Waals surface area contributed by atoms with Gasteiger partial charge >= 0.3 is 0 Å². The molecule has 1 N–H and O–H groups in total. The molecule has 4 heteroatoms. The fourth-order valence-electron chi connectivity index (χ4n) is 1.52. The van der Waals surface area contributed by atoms with Crippen molar-refractivity contribution in [3.63, 3.8) is 0 Å². The Morgan fingerprint density at radius 1 is 1.25 bits per heavy atom. The predicted molar refractivity (Wildman–Crippen MR) is 60.2 cm³/mol. The van der Waals surface area contributed by atoms with E-state index in [1.807, 2.05) is 25.4 Å². The van der Waals surface area contributed by atoms with Gasteiger partial charge in [-0.2, -0.15) is 5.10 Å². The molecule has 0 bridgehead atoms. The molecule has 0 unspecified atom stereocenters. The monoisotopic (exact) mass is 219 g/mol. The van der Waals surface area contributed by atoms with Crippen LogP contribution in [0.15, 0.2) is 36.5 Å². The Labute approximate surface area is 93.9 Å². The normalized spacial score (nSPS) is 10.6. The van der Waals surface area contributed by atoms with Gasteiger partial charge in [-0.05, 0) is 12.1 Å². The summed E-state index contributed by atoms with van der Waals surface area (Å²) in [6.45, 7) is 1.17. The van der Waals surface area contributed by atoms with Crippen molar-refractivity contribution in [2.75, 3.05) is 0 Å². The van der Waals surface area contributed by atoms with Gasteiger partial charge < -0.3 is 5.32 Å². The molecule has 0 aliphatic heterocycles. The average Bonchev–Trinajstić information content (AvgIpc) is 2.67. The summed E-state index contributed by atoms with van der Waals surface area (Å²) >= 11 is 0. The summed E-state index contributed by atoms with van der Waals surface area (Å²) < 4.78 is 15.0. The molecule has 0 atom stereocenters. The van der Waals surface area contributed by atoms with Crippen LogP contribution in [0.1, 0.15) is 11.3 Å². The highest BCUT2D eigenvalue weighted by atomic mass is 19.1. The maximum Gasteiger partial charge on any atom is 0.127 e. The second kappa shape index (κ2) is 4.90. The molecule has 3 nitrogen and oxygen atoms in total. The first-order valence-electron chi connectivity index (χ1n) is 5.18. The highest BCUT2D eigenvalue weighted by molar-refractivity contribution is 5.17. The molecule has 1 aromatic heterocycles. The first kappa shape index (κ1) is 10.8. The largest absolute Gasteiger partial charge is 0.307 e. The van der Waals surface area contributed by atoms with E-state index in [2.05, 4.69) is 10.4 Å². The number of nitrogens with one attached hydrogen (secondary N) is 1. The van der Waals surface area contributed by atoms with Crippen LogP contribution < -0.4 is 5.32 Å². The summed E-state index contributed by atoms with van der Waals surface area (Å²) in [5.41, 5.74) is 1.64. The molecule has 0 saturated heterocycles. The zero-order chi connectivity index (χ0) is 11.4. The van der Waals surface area contributed by atoms with Gasteiger partial charge in [0, 0.05) is 31.9 Å². The fourth-order valence-corrected chi connectivity index (χ4v) is 1.52. The second-order valence-electron chi connectivity index (χ2n) is 3.68.